The van der Waals surface area contributed by atoms with Crippen LogP contribution in [0.4, 0.5) is 11.4 Å². The van der Waals surface area contributed by atoms with Crippen molar-refractivity contribution in [2.45, 2.75) is 17.1 Å². The minimum Gasteiger partial charge on any atom is -0.486 e. The molecule has 0 aliphatic carbocycles. The standard InChI is InChI=1S/C21H24N2O4S/c1-15(28-18-6-7-19-20(14-18)27-13-12-26-19)21(24)22-16-2-4-17(5-3-16)23-8-10-25-11-9-23/h2-7,14-15H,8-13H2,1H3,(H,22,24). The van der Waals surface area contributed by atoms with Gasteiger partial charge in [-0.3, -0.25) is 4.79 Å². The van der Waals surface area contributed by atoms with E-state index in [2.05, 4.69) is 10.2 Å². The maximum Gasteiger partial charge on any atom is 0.237 e. The Balaban J connectivity index is 1.34. The SMILES string of the molecule is CC(Sc1ccc2c(c1)OCCO2)C(=O)Nc1ccc(N2CCOCC2)cc1. The van der Waals surface area contributed by atoms with Gasteiger partial charge in [0.25, 0.3) is 0 Å². The number of thioether (sulfide) groups is 1. The van der Waals surface area contributed by atoms with Crippen LogP contribution in [0.1, 0.15) is 6.92 Å². The van der Waals surface area contributed by atoms with E-state index in [9.17, 15) is 4.79 Å². The van der Waals surface area contributed by atoms with E-state index < -0.39 is 0 Å². The number of fused-ring (bicyclic) bond motifs is 1. The van der Waals surface area contributed by atoms with Crippen LogP contribution in [-0.4, -0.2) is 50.7 Å². The molecule has 6 nitrogen and oxygen atoms in total. The van der Waals surface area contributed by atoms with Crippen molar-refractivity contribution in [2.24, 2.45) is 0 Å². The molecule has 2 heterocycles. The third kappa shape index (κ3) is 4.54. The van der Waals surface area contributed by atoms with Gasteiger partial charge in [-0.15, -0.1) is 11.8 Å². The second-order valence-corrected chi connectivity index (χ2v) is 8.12. The number of anilines is 2. The maximum atomic E-state index is 12.6. The van der Waals surface area contributed by atoms with Crippen LogP contribution >= 0.6 is 11.8 Å². The number of nitrogens with one attached hydrogen (secondary N) is 1. The van der Waals surface area contributed by atoms with E-state index in [0.29, 0.717) is 13.2 Å². The number of amides is 1. The highest BCUT2D eigenvalue weighted by Crippen LogP contribution is 2.35. The smallest absolute Gasteiger partial charge is 0.237 e. The lowest BCUT2D eigenvalue weighted by molar-refractivity contribution is -0.115. The Bertz CT molecular complexity index is 822. The number of hydrogen-bond donors (Lipinski definition) is 1. The van der Waals surface area contributed by atoms with Crippen LogP contribution in [0.5, 0.6) is 11.5 Å². The third-order valence-electron chi connectivity index (χ3n) is 4.71. The van der Waals surface area contributed by atoms with Crippen molar-refractivity contribution in [3.8, 4) is 11.5 Å². The number of rotatable bonds is 5. The highest BCUT2D eigenvalue weighted by atomic mass is 32.2. The molecule has 0 bridgehead atoms. The Morgan fingerprint density at radius 2 is 1.71 bits per heavy atom. The number of hydrogen-bond acceptors (Lipinski definition) is 6. The third-order valence-corrected chi connectivity index (χ3v) is 5.80. The molecule has 1 unspecified atom stereocenters. The van der Waals surface area contributed by atoms with Crippen molar-refractivity contribution < 1.29 is 19.0 Å². The lowest BCUT2D eigenvalue weighted by atomic mass is 10.2. The maximum absolute atomic E-state index is 12.6. The number of carbonyl (C=O) groups is 1. The molecule has 0 spiro atoms. The zero-order valence-corrected chi connectivity index (χ0v) is 16.7. The molecular formula is C21H24N2O4S. The van der Waals surface area contributed by atoms with Gasteiger partial charge in [-0.25, -0.2) is 0 Å². The Kier molecular flexibility index (Phi) is 5.92. The Morgan fingerprint density at radius 1 is 1.00 bits per heavy atom. The van der Waals surface area contributed by atoms with Gasteiger partial charge >= 0.3 is 0 Å². The van der Waals surface area contributed by atoms with Gasteiger partial charge in [0.05, 0.1) is 18.5 Å². The normalized spacial score (nSPS) is 17.1. The van der Waals surface area contributed by atoms with E-state index in [0.717, 1.165) is 54.1 Å². The van der Waals surface area contributed by atoms with Gasteiger partial charge in [-0.05, 0) is 49.4 Å². The summed E-state index contributed by atoms with van der Waals surface area (Å²) >= 11 is 1.50. The summed E-state index contributed by atoms with van der Waals surface area (Å²) < 4.78 is 16.5. The van der Waals surface area contributed by atoms with Crippen LogP contribution in [0.2, 0.25) is 0 Å². The largest absolute Gasteiger partial charge is 0.486 e. The molecule has 2 aliphatic heterocycles. The van der Waals surface area contributed by atoms with Crippen LogP contribution in [0.25, 0.3) is 0 Å². The summed E-state index contributed by atoms with van der Waals surface area (Å²) in [4.78, 5) is 15.8. The summed E-state index contributed by atoms with van der Waals surface area (Å²) in [6.07, 6.45) is 0. The Morgan fingerprint density at radius 3 is 2.46 bits per heavy atom. The number of nitrogens with zero attached hydrogens (tertiary/aromatic N) is 1. The van der Waals surface area contributed by atoms with Crippen molar-refractivity contribution in [2.75, 3.05) is 49.7 Å². The van der Waals surface area contributed by atoms with Gasteiger partial charge in [0.15, 0.2) is 11.5 Å². The summed E-state index contributed by atoms with van der Waals surface area (Å²) in [6, 6.07) is 13.8. The predicted molar refractivity (Wildman–Crippen MR) is 111 cm³/mol. The molecule has 2 aromatic carbocycles. The zero-order valence-electron chi connectivity index (χ0n) is 15.8. The van der Waals surface area contributed by atoms with Gasteiger partial charge in [0.1, 0.15) is 13.2 Å². The van der Waals surface area contributed by atoms with E-state index in [-0.39, 0.29) is 11.2 Å². The van der Waals surface area contributed by atoms with E-state index in [1.54, 1.807) is 0 Å². The van der Waals surface area contributed by atoms with Crippen molar-refractivity contribution >= 4 is 29.0 Å². The van der Waals surface area contributed by atoms with E-state index >= 15 is 0 Å². The van der Waals surface area contributed by atoms with Gasteiger partial charge in [0, 0.05) is 29.4 Å². The Hall–Kier alpha value is -2.38. The highest BCUT2D eigenvalue weighted by Gasteiger charge is 2.18. The molecule has 4 rings (SSSR count). The predicted octanol–water partition coefficient (Wildman–Crippen LogP) is 3.41. The molecule has 1 fully saturated rings. The second-order valence-electron chi connectivity index (χ2n) is 6.70. The van der Waals surface area contributed by atoms with E-state index in [1.165, 1.54) is 11.8 Å². The zero-order chi connectivity index (χ0) is 19.3. The fourth-order valence-corrected chi connectivity index (χ4v) is 4.07. The van der Waals surface area contributed by atoms with Crippen molar-refractivity contribution in [1.82, 2.24) is 0 Å². The van der Waals surface area contributed by atoms with Crippen LogP contribution in [-0.2, 0) is 9.53 Å². The van der Waals surface area contributed by atoms with Crippen LogP contribution in [0.15, 0.2) is 47.4 Å². The van der Waals surface area contributed by atoms with Gasteiger partial charge in [-0.1, -0.05) is 0 Å². The van der Waals surface area contributed by atoms with Crippen molar-refractivity contribution in [3.05, 3.63) is 42.5 Å². The summed E-state index contributed by atoms with van der Waals surface area (Å²) in [7, 11) is 0. The fraction of sp³-hybridized carbons (Fsp3) is 0.381. The average Bonchev–Trinajstić information content (AvgIpc) is 2.75. The molecular weight excluding hydrogens is 376 g/mol. The molecule has 0 aromatic heterocycles. The lowest BCUT2D eigenvalue weighted by Crippen LogP contribution is -2.36. The molecule has 2 aromatic rings. The van der Waals surface area contributed by atoms with Crippen molar-refractivity contribution in [1.29, 1.82) is 0 Å². The van der Waals surface area contributed by atoms with Gasteiger partial charge in [0.2, 0.25) is 5.91 Å². The molecule has 7 heteroatoms. The lowest BCUT2D eigenvalue weighted by Gasteiger charge is -2.29. The van der Waals surface area contributed by atoms with Gasteiger partial charge in [-0.2, -0.15) is 0 Å². The first kappa shape index (κ1) is 19.0. The van der Waals surface area contributed by atoms with Crippen LogP contribution < -0.4 is 19.7 Å². The first-order chi connectivity index (χ1) is 13.7. The van der Waals surface area contributed by atoms with Crippen molar-refractivity contribution in [3.63, 3.8) is 0 Å². The summed E-state index contributed by atoms with van der Waals surface area (Å²) in [5.74, 6) is 1.47. The number of morpholine rings is 1. The molecule has 1 N–H and O–H groups in total. The second kappa shape index (κ2) is 8.75. The first-order valence-corrected chi connectivity index (χ1v) is 10.4. The first-order valence-electron chi connectivity index (χ1n) is 9.49. The van der Waals surface area contributed by atoms with E-state index in [1.807, 2.05) is 49.4 Å². The van der Waals surface area contributed by atoms with Crippen LogP contribution in [0.3, 0.4) is 0 Å². The molecule has 2 aliphatic rings. The summed E-state index contributed by atoms with van der Waals surface area (Å²) in [5.41, 5.74) is 1.96. The summed E-state index contributed by atoms with van der Waals surface area (Å²) in [6.45, 7) is 6.34. The molecule has 0 saturated carbocycles. The molecule has 1 saturated heterocycles. The highest BCUT2D eigenvalue weighted by molar-refractivity contribution is 8.00. The number of benzene rings is 2. The number of carbonyl (C=O) groups excluding carboxylic acids is 1. The minimum absolute atomic E-state index is 0.0287. The molecule has 0 radical (unpaired) electrons. The van der Waals surface area contributed by atoms with E-state index in [4.69, 9.17) is 14.2 Å². The quantitative estimate of drug-likeness (QED) is 0.776. The molecule has 1 amide bonds. The summed E-state index contributed by atoms with van der Waals surface area (Å²) in [5, 5.41) is 2.76. The minimum atomic E-state index is -0.235. The monoisotopic (exact) mass is 400 g/mol. The molecule has 28 heavy (non-hydrogen) atoms. The fourth-order valence-electron chi connectivity index (χ4n) is 3.18. The average molecular weight is 401 g/mol. The topological polar surface area (TPSA) is 60.0 Å². The number of ether oxygens (including phenoxy) is 3. The Labute approximate surface area is 169 Å². The van der Waals surface area contributed by atoms with Gasteiger partial charge < -0.3 is 24.4 Å². The molecule has 1 atom stereocenters. The molecule has 148 valence electrons. The van der Waals surface area contributed by atoms with Crippen LogP contribution in [0, 0.1) is 0 Å².